The van der Waals surface area contributed by atoms with Crippen LogP contribution in [-0.2, 0) is 0 Å². The van der Waals surface area contributed by atoms with Crippen molar-refractivity contribution in [1.82, 2.24) is 10.3 Å². The minimum Gasteiger partial charge on any atom is -0.490 e. The largest absolute Gasteiger partial charge is 0.490 e. The van der Waals surface area contributed by atoms with Crippen molar-refractivity contribution in [3.8, 4) is 5.75 Å². The Morgan fingerprint density at radius 1 is 1.44 bits per heavy atom. The quantitative estimate of drug-likeness (QED) is 0.842. The van der Waals surface area contributed by atoms with Gasteiger partial charge in [0.1, 0.15) is 17.5 Å². The first-order valence-corrected chi connectivity index (χ1v) is 5.87. The number of ether oxygens (including phenoxy) is 1. The fourth-order valence-electron chi connectivity index (χ4n) is 2.67. The molecule has 3 atom stereocenters. The number of nitrogens with two attached hydrogens (primary N) is 1. The van der Waals surface area contributed by atoms with Crippen molar-refractivity contribution in [3.05, 3.63) is 24.0 Å². The van der Waals surface area contributed by atoms with Gasteiger partial charge in [0.2, 0.25) is 0 Å². The van der Waals surface area contributed by atoms with E-state index in [0.29, 0.717) is 17.6 Å². The van der Waals surface area contributed by atoms with E-state index in [1.54, 1.807) is 18.3 Å². The standard InChI is InChI=1S/C12H15N3O2.ClH/c13-12(16)10-4-9(1-2-15-10)17-11-7-3-8(11)6-14-5-7;/h1-2,4,7-8,11,14H,3,5-6H2,(H2,13,16);1H/t7-,8+,11?;. The maximum atomic E-state index is 11.0. The van der Waals surface area contributed by atoms with Gasteiger partial charge in [-0.15, -0.1) is 12.4 Å². The molecule has 2 heterocycles. The molecule has 1 aromatic heterocycles. The summed E-state index contributed by atoms with van der Waals surface area (Å²) in [5.41, 5.74) is 5.44. The van der Waals surface area contributed by atoms with E-state index in [1.165, 1.54) is 6.42 Å². The molecule has 0 aromatic carbocycles. The second-order valence-electron chi connectivity index (χ2n) is 4.74. The summed E-state index contributed by atoms with van der Waals surface area (Å²) in [6.45, 7) is 2.05. The summed E-state index contributed by atoms with van der Waals surface area (Å²) in [6, 6.07) is 3.39. The number of carbonyl (C=O) groups is 1. The number of nitrogens with one attached hydrogen (secondary N) is 1. The van der Waals surface area contributed by atoms with Crippen molar-refractivity contribution in [2.45, 2.75) is 12.5 Å². The molecule has 0 radical (unpaired) electrons. The summed E-state index contributed by atoms with van der Waals surface area (Å²) in [5, 5.41) is 3.36. The third kappa shape index (κ3) is 2.28. The van der Waals surface area contributed by atoms with Gasteiger partial charge >= 0.3 is 0 Å². The average Bonchev–Trinajstić information content (AvgIpc) is 2.37. The predicted octanol–water partition coefficient (Wildman–Crippen LogP) is 0.589. The summed E-state index contributed by atoms with van der Waals surface area (Å²) < 4.78 is 5.92. The number of rotatable bonds is 3. The maximum absolute atomic E-state index is 11.0. The molecule has 2 aliphatic rings. The summed E-state index contributed by atoms with van der Waals surface area (Å²) in [7, 11) is 0. The third-order valence-corrected chi connectivity index (χ3v) is 3.60. The van der Waals surface area contributed by atoms with Crippen molar-refractivity contribution in [1.29, 1.82) is 0 Å². The summed E-state index contributed by atoms with van der Waals surface area (Å²) in [4.78, 5) is 14.9. The summed E-state index contributed by atoms with van der Waals surface area (Å²) in [5.74, 6) is 1.36. The van der Waals surface area contributed by atoms with Crippen LogP contribution < -0.4 is 15.8 Å². The molecule has 1 aliphatic carbocycles. The van der Waals surface area contributed by atoms with E-state index in [4.69, 9.17) is 10.5 Å². The van der Waals surface area contributed by atoms with Crippen molar-refractivity contribution in [3.63, 3.8) is 0 Å². The van der Waals surface area contributed by atoms with Crippen molar-refractivity contribution < 1.29 is 9.53 Å². The van der Waals surface area contributed by atoms with Crippen LogP contribution in [0.5, 0.6) is 5.75 Å². The summed E-state index contributed by atoms with van der Waals surface area (Å²) >= 11 is 0. The number of nitrogens with zero attached hydrogens (tertiary/aromatic N) is 1. The Hall–Kier alpha value is -1.33. The Morgan fingerprint density at radius 2 is 2.17 bits per heavy atom. The Morgan fingerprint density at radius 3 is 2.78 bits per heavy atom. The van der Waals surface area contributed by atoms with Gasteiger partial charge in [-0.2, -0.15) is 0 Å². The van der Waals surface area contributed by atoms with Crippen molar-refractivity contribution >= 4 is 18.3 Å². The molecule has 5 nitrogen and oxygen atoms in total. The first-order chi connectivity index (χ1) is 8.24. The zero-order valence-corrected chi connectivity index (χ0v) is 10.7. The zero-order valence-electron chi connectivity index (χ0n) is 9.83. The van der Waals surface area contributed by atoms with Crippen LogP contribution in [0.15, 0.2) is 18.3 Å². The lowest BCUT2D eigenvalue weighted by molar-refractivity contribution is -0.0446. The minimum atomic E-state index is -0.522. The van der Waals surface area contributed by atoms with Crippen LogP contribution in [0, 0.1) is 11.8 Å². The van der Waals surface area contributed by atoms with Crippen LogP contribution in [0.3, 0.4) is 0 Å². The Kier molecular flexibility index (Phi) is 3.73. The number of hydrogen-bond acceptors (Lipinski definition) is 4. The molecule has 1 saturated carbocycles. The number of piperidine rings is 2. The van der Waals surface area contributed by atoms with Crippen LogP contribution in [0.1, 0.15) is 16.9 Å². The number of carbonyl (C=O) groups excluding carboxylic acids is 1. The molecule has 2 bridgehead atoms. The van der Waals surface area contributed by atoms with E-state index in [2.05, 4.69) is 10.3 Å². The molecule has 1 amide bonds. The molecule has 0 spiro atoms. The smallest absolute Gasteiger partial charge is 0.267 e. The van der Waals surface area contributed by atoms with E-state index in [0.717, 1.165) is 13.1 Å². The van der Waals surface area contributed by atoms with Gasteiger partial charge in [0, 0.05) is 37.2 Å². The Balaban J connectivity index is 0.00000120. The van der Waals surface area contributed by atoms with E-state index in [9.17, 15) is 4.79 Å². The van der Waals surface area contributed by atoms with Gasteiger partial charge in [-0.05, 0) is 12.5 Å². The normalized spacial score (nSPS) is 28.8. The van der Waals surface area contributed by atoms with Gasteiger partial charge in [0.25, 0.3) is 5.91 Å². The minimum absolute atomic E-state index is 0. The van der Waals surface area contributed by atoms with Gasteiger partial charge < -0.3 is 15.8 Å². The fraction of sp³-hybridized carbons (Fsp3) is 0.500. The highest BCUT2D eigenvalue weighted by Crippen LogP contribution is 2.39. The lowest BCUT2D eigenvalue weighted by atomic mass is 9.69. The van der Waals surface area contributed by atoms with Crippen molar-refractivity contribution in [2.24, 2.45) is 17.6 Å². The molecule has 3 rings (SSSR count). The van der Waals surface area contributed by atoms with Crippen LogP contribution >= 0.6 is 12.4 Å². The van der Waals surface area contributed by atoms with E-state index in [1.807, 2.05) is 0 Å². The first kappa shape index (κ1) is 13.1. The molecule has 3 N–H and O–H groups in total. The van der Waals surface area contributed by atoms with E-state index >= 15 is 0 Å². The number of fused-ring (bicyclic) bond motifs is 2. The molecule has 1 saturated heterocycles. The fourth-order valence-corrected chi connectivity index (χ4v) is 2.67. The van der Waals surface area contributed by atoms with Gasteiger partial charge in [0.15, 0.2) is 0 Å². The van der Waals surface area contributed by atoms with Crippen LogP contribution in [-0.4, -0.2) is 30.1 Å². The Bertz CT molecular complexity index is 441. The number of amides is 1. The van der Waals surface area contributed by atoms with Gasteiger partial charge in [-0.1, -0.05) is 0 Å². The Labute approximate surface area is 112 Å². The van der Waals surface area contributed by atoms with Gasteiger partial charge in [-0.25, -0.2) is 0 Å². The van der Waals surface area contributed by atoms with Crippen molar-refractivity contribution in [2.75, 3.05) is 13.1 Å². The zero-order chi connectivity index (χ0) is 11.8. The average molecular weight is 270 g/mol. The highest BCUT2D eigenvalue weighted by atomic mass is 35.5. The number of pyridine rings is 1. The van der Waals surface area contributed by atoms with E-state index < -0.39 is 5.91 Å². The SMILES string of the molecule is Cl.NC(=O)c1cc(OC2[C@@H]3CNC[C@H]2C3)ccn1. The number of hydrogen-bond donors (Lipinski definition) is 2. The summed E-state index contributed by atoms with van der Waals surface area (Å²) in [6.07, 6.45) is 3.08. The molecule has 98 valence electrons. The topological polar surface area (TPSA) is 77.2 Å². The molecule has 1 aliphatic heterocycles. The molecule has 18 heavy (non-hydrogen) atoms. The molecular formula is C12H16ClN3O2. The predicted molar refractivity (Wildman–Crippen MR) is 68.9 cm³/mol. The maximum Gasteiger partial charge on any atom is 0.267 e. The van der Waals surface area contributed by atoms with E-state index in [-0.39, 0.29) is 24.2 Å². The molecule has 6 heteroatoms. The second-order valence-corrected chi connectivity index (χ2v) is 4.74. The number of aromatic nitrogens is 1. The molecular weight excluding hydrogens is 254 g/mol. The van der Waals surface area contributed by atoms with Gasteiger partial charge in [0.05, 0.1) is 0 Å². The third-order valence-electron chi connectivity index (χ3n) is 3.60. The lowest BCUT2D eigenvalue weighted by Crippen LogP contribution is -2.59. The van der Waals surface area contributed by atoms with Crippen LogP contribution in [0.4, 0.5) is 0 Å². The second kappa shape index (κ2) is 5.12. The molecule has 2 fully saturated rings. The number of primary amides is 1. The monoisotopic (exact) mass is 269 g/mol. The molecule has 1 aromatic rings. The van der Waals surface area contributed by atoms with Crippen LogP contribution in [0.2, 0.25) is 0 Å². The number of halogens is 1. The van der Waals surface area contributed by atoms with Crippen LogP contribution in [0.25, 0.3) is 0 Å². The van der Waals surface area contributed by atoms with Gasteiger partial charge in [-0.3, -0.25) is 9.78 Å². The lowest BCUT2D eigenvalue weighted by Gasteiger charge is -2.49. The molecule has 1 unspecified atom stereocenters. The first-order valence-electron chi connectivity index (χ1n) is 5.87. The highest BCUT2D eigenvalue weighted by Gasteiger charge is 2.45. The highest BCUT2D eigenvalue weighted by molar-refractivity contribution is 5.91.